The molecule has 0 amide bonds. The van der Waals surface area contributed by atoms with Crippen molar-refractivity contribution in [2.45, 2.75) is 33.6 Å². The second-order valence-electron chi connectivity index (χ2n) is 8.29. The van der Waals surface area contributed by atoms with E-state index in [0.29, 0.717) is 29.6 Å². The molecule has 2 heterocycles. The van der Waals surface area contributed by atoms with Gasteiger partial charge in [0, 0.05) is 19.0 Å². The van der Waals surface area contributed by atoms with Crippen molar-refractivity contribution >= 4 is 11.2 Å². The fourth-order valence-electron chi connectivity index (χ4n) is 4.28. The molecule has 0 fully saturated rings. The van der Waals surface area contributed by atoms with E-state index in [1.165, 1.54) is 12.0 Å². The summed E-state index contributed by atoms with van der Waals surface area (Å²) in [7, 11) is 5.97. The Morgan fingerprint density at radius 2 is 2.04 bits per heavy atom. The molecule has 0 saturated carbocycles. The number of rotatable bonds is 6. The maximum absolute atomic E-state index is 5.20. The molecule has 5 nitrogen and oxygen atoms in total. The maximum atomic E-state index is 5.20. The smallest absolute Gasteiger partial charge is 0.215 e. The van der Waals surface area contributed by atoms with Crippen LogP contribution in [-0.2, 0) is 6.42 Å². The Labute approximate surface area is 156 Å². The lowest BCUT2D eigenvalue weighted by molar-refractivity contribution is 0.190. The highest BCUT2D eigenvalue weighted by Crippen LogP contribution is 2.39. The van der Waals surface area contributed by atoms with Crippen molar-refractivity contribution < 1.29 is 4.74 Å². The molecule has 0 unspecified atom stereocenters. The third kappa shape index (κ3) is 4.09. The number of imidazole rings is 1. The highest BCUT2D eigenvalue weighted by Gasteiger charge is 2.32. The lowest BCUT2D eigenvalue weighted by atomic mass is 9.69. The van der Waals surface area contributed by atoms with Crippen LogP contribution < -0.4 is 4.74 Å². The Morgan fingerprint density at radius 3 is 2.69 bits per heavy atom. The van der Waals surface area contributed by atoms with Gasteiger partial charge in [-0.25, -0.2) is 4.98 Å². The maximum Gasteiger partial charge on any atom is 0.215 e. The van der Waals surface area contributed by atoms with Crippen LogP contribution in [0.5, 0.6) is 5.88 Å². The van der Waals surface area contributed by atoms with Gasteiger partial charge in [-0.1, -0.05) is 25.5 Å². The number of hydrogen-bond donors (Lipinski definition) is 1. The zero-order valence-electron chi connectivity index (χ0n) is 16.9. The predicted molar refractivity (Wildman–Crippen MR) is 106 cm³/mol. The van der Waals surface area contributed by atoms with E-state index < -0.39 is 0 Å². The van der Waals surface area contributed by atoms with Crippen LogP contribution in [0.1, 0.15) is 33.0 Å². The van der Waals surface area contributed by atoms with Gasteiger partial charge in [0.15, 0.2) is 5.65 Å². The molecular formula is C21H32N4O. The van der Waals surface area contributed by atoms with Crippen molar-refractivity contribution in [3.8, 4) is 5.88 Å². The van der Waals surface area contributed by atoms with E-state index in [1.807, 2.05) is 12.1 Å². The number of fused-ring (bicyclic) bond motifs is 1. The van der Waals surface area contributed by atoms with E-state index in [2.05, 4.69) is 55.8 Å². The van der Waals surface area contributed by atoms with Crippen molar-refractivity contribution in [2.24, 2.45) is 23.7 Å². The third-order valence-corrected chi connectivity index (χ3v) is 5.68. The van der Waals surface area contributed by atoms with E-state index in [1.54, 1.807) is 7.11 Å². The van der Waals surface area contributed by atoms with E-state index in [4.69, 9.17) is 9.72 Å². The van der Waals surface area contributed by atoms with E-state index in [9.17, 15) is 0 Å². The van der Waals surface area contributed by atoms with Gasteiger partial charge in [-0.05, 0) is 57.2 Å². The molecule has 0 spiro atoms. The van der Waals surface area contributed by atoms with E-state index in [0.717, 1.165) is 30.0 Å². The molecule has 2 aromatic heterocycles. The minimum absolute atomic E-state index is 0.545. The van der Waals surface area contributed by atoms with Crippen LogP contribution in [-0.4, -0.2) is 47.6 Å². The molecule has 0 bridgehead atoms. The molecule has 0 aliphatic heterocycles. The summed E-state index contributed by atoms with van der Waals surface area (Å²) in [5.41, 5.74) is 3.21. The summed E-state index contributed by atoms with van der Waals surface area (Å²) in [5, 5.41) is 0. The Bertz CT molecular complexity index is 777. The summed E-state index contributed by atoms with van der Waals surface area (Å²) in [5.74, 6) is 4.22. The molecule has 3 atom stereocenters. The number of aromatic nitrogens is 3. The van der Waals surface area contributed by atoms with E-state index >= 15 is 0 Å². The largest absolute Gasteiger partial charge is 0.481 e. The van der Waals surface area contributed by atoms with Crippen molar-refractivity contribution in [3.63, 3.8) is 0 Å². The third-order valence-electron chi connectivity index (χ3n) is 5.68. The first kappa shape index (κ1) is 18.9. The molecule has 1 aliphatic rings. The van der Waals surface area contributed by atoms with Gasteiger partial charge in [0.05, 0.1) is 12.6 Å². The van der Waals surface area contributed by atoms with Crippen molar-refractivity contribution in [3.05, 3.63) is 29.6 Å². The van der Waals surface area contributed by atoms with Crippen LogP contribution in [0.3, 0.4) is 0 Å². The standard InChI is InChI=1S/C21H32N4O/c1-13(2)17-10-15(14(3)9-16(17)12-25(4)5)11-19-22-18-7-8-20(26-6)24-21(18)23-19/h7-9,13,15-17H,10-12H2,1-6H3,(H,22,23,24)/t15-,16-,17-/m0/s1. The minimum atomic E-state index is 0.545. The molecule has 26 heavy (non-hydrogen) atoms. The van der Waals surface area contributed by atoms with Gasteiger partial charge >= 0.3 is 0 Å². The van der Waals surface area contributed by atoms with Gasteiger partial charge in [0.1, 0.15) is 5.82 Å². The predicted octanol–water partition coefficient (Wildman–Crippen LogP) is 3.93. The number of allylic oxidation sites excluding steroid dienone is 1. The molecule has 0 aromatic carbocycles. The van der Waals surface area contributed by atoms with Gasteiger partial charge in [-0.3, -0.25) is 0 Å². The summed E-state index contributed by atoms with van der Waals surface area (Å²) in [6.07, 6.45) is 4.69. The van der Waals surface area contributed by atoms with Gasteiger partial charge in [-0.15, -0.1) is 0 Å². The molecule has 0 radical (unpaired) electrons. The number of H-pyrrole nitrogens is 1. The molecule has 0 saturated heterocycles. The Kier molecular flexibility index (Phi) is 5.66. The number of ether oxygens (including phenoxy) is 1. The lowest BCUT2D eigenvalue weighted by Gasteiger charge is -2.38. The molecule has 2 aromatic rings. The SMILES string of the molecule is COc1ccc2[nH]c(C[C@@H]3C[C@@H](C(C)C)[C@H](CN(C)C)C=C3C)nc2n1. The fourth-order valence-corrected chi connectivity index (χ4v) is 4.28. The van der Waals surface area contributed by atoms with Gasteiger partial charge in [-0.2, -0.15) is 4.98 Å². The molecule has 142 valence electrons. The summed E-state index contributed by atoms with van der Waals surface area (Å²) < 4.78 is 5.20. The summed E-state index contributed by atoms with van der Waals surface area (Å²) in [6.45, 7) is 8.13. The Balaban J connectivity index is 1.80. The molecular weight excluding hydrogens is 324 g/mol. The monoisotopic (exact) mass is 356 g/mol. The quantitative estimate of drug-likeness (QED) is 0.797. The minimum Gasteiger partial charge on any atom is -0.481 e. The van der Waals surface area contributed by atoms with Crippen molar-refractivity contribution in [2.75, 3.05) is 27.7 Å². The van der Waals surface area contributed by atoms with Crippen LogP contribution in [0.4, 0.5) is 0 Å². The number of hydrogen-bond acceptors (Lipinski definition) is 4. The molecule has 1 N–H and O–H groups in total. The fraction of sp³-hybridized carbons (Fsp3) is 0.619. The highest BCUT2D eigenvalue weighted by atomic mass is 16.5. The van der Waals surface area contributed by atoms with E-state index in [-0.39, 0.29) is 0 Å². The number of methoxy groups -OCH3 is 1. The number of nitrogens with one attached hydrogen (secondary N) is 1. The molecule has 1 aliphatic carbocycles. The topological polar surface area (TPSA) is 54.0 Å². The zero-order chi connectivity index (χ0) is 18.8. The summed E-state index contributed by atoms with van der Waals surface area (Å²) >= 11 is 0. The number of nitrogens with zero attached hydrogens (tertiary/aromatic N) is 3. The average molecular weight is 357 g/mol. The summed E-state index contributed by atoms with van der Waals surface area (Å²) in [4.78, 5) is 14.9. The average Bonchev–Trinajstić information content (AvgIpc) is 2.97. The van der Waals surface area contributed by atoms with Gasteiger partial charge in [0.25, 0.3) is 0 Å². The second kappa shape index (κ2) is 7.78. The Hall–Kier alpha value is -1.88. The molecule has 5 heteroatoms. The summed E-state index contributed by atoms with van der Waals surface area (Å²) in [6, 6.07) is 3.86. The van der Waals surface area contributed by atoms with Crippen LogP contribution in [0.2, 0.25) is 0 Å². The Morgan fingerprint density at radius 1 is 1.27 bits per heavy atom. The van der Waals surface area contributed by atoms with Crippen LogP contribution in [0, 0.1) is 23.7 Å². The first-order chi connectivity index (χ1) is 12.4. The first-order valence-electron chi connectivity index (χ1n) is 9.60. The zero-order valence-corrected chi connectivity index (χ0v) is 16.9. The second-order valence-corrected chi connectivity index (χ2v) is 8.29. The first-order valence-corrected chi connectivity index (χ1v) is 9.60. The van der Waals surface area contributed by atoms with Crippen molar-refractivity contribution in [1.29, 1.82) is 0 Å². The van der Waals surface area contributed by atoms with Gasteiger partial charge in [0.2, 0.25) is 5.88 Å². The van der Waals surface area contributed by atoms with Crippen LogP contribution >= 0.6 is 0 Å². The lowest BCUT2D eigenvalue weighted by Crippen LogP contribution is -2.34. The van der Waals surface area contributed by atoms with Crippen LogP contribution in [0.25, 0.3) is 11.2 Å². The number of pyridine rings is 1. The normalized spacial score (nSPS) is 23.7. The highest BCUT2D eigenvalue weighted by molar-refractivity contribution is 5.71. The van der Waals surface area contributed by atoms with Gasteiger partial charge < -0.3 is 14.6 Å². The molecule has 3 rings (SSSR count). The van der Waals surface area contributed by atoms with Crippen LogP contribution in [0.15, 0.2) is 23.8 Å². The number of aromatic amines is 1. The van der Waals surface area contributed by atoms with Crippen molar-refractivity contribution in [1.82, 2.24) is 19.9 Å².